The summed E-state index contributed by atoms with van der Waals surface area (Å²) >= 11 is 0. The number of rotatable bonds is 4. The molecular weight excluding hydrogens is 593 g/mol. The van der Waals surface area contributed by atoms with Crippen molar-refractivity contribution in [2.45, 2.75) is 0 Å². The molecular formula is C48H30O. The van der Waals surface area contributed by atoms with Gasteiger partial charge in [-0.2, -0.15) is 0 Å². The van der Waals surface area contributed by atoms with E-state index in [-0.39, 0.29) is 32.7 Å². The van der Waals surface area contributed by atoms with Gasteiger partial charge in [-0.15, -0.1) is 0 Å². The Bertz CT molecular complexity index is 3500. The smallest absolute Gasteiger partial charge is 0.143 e. The summed E-state index contributed by atoms with van der Waals surface area (Å²) in [7, 11) is 0. The molecule has 0 N–H and O–H groups in total. The number of para-hydroxylation sites is 1. The number of furan rings is 1. The lowest BCUT2D eigenvalue weighted by atomic mass is 9.85. The predicted molar refractivity (Wildman–Crippen MR) is 208 cm³/mol. The van der Waals surface area contributed by atoms with E-state index in [4.69, 9.17) is 16.8 Å². The van der Waals surface area contributed by atoms with Crippen LogP contribution in [0, 0.1) is 0 Å². The maximum atomic E-state index is 9.24. The fourth-order valence-electron chi connectivity index (χ4n) is 7.03. The second kappa shape index (κ2) is 11.1. The molecule has 0 saturated carbocycles. The van der Waals surface area contributed by atoms with Gasteiger partial charge in [0.2, 0.25) is 0 Å². The Hall–Kier alpha value is -6.44. The molecule has 0 spiro atoms. The Morgan fingerprint density at radius 3 is 1.67 bits per heavy atom. The zero-order valence-corrected chi connectivity index (χ0v) is 25.7. The average molecular weight is 636 g/mol. The Morgan fingerprint density at radius 2 is 0.959 bits per heavy atom. The molecule has 0 radical (unpaired) electrons. The molecule has 0 bridgehead atoms. The molecule has 0 aliphatic rings. The first-order chi connectivity index (χ1) is 29.7. The first kappa shape index (κ1) is 17.6. The summed E-state index contributed by atoms with van der Waals surface area (Å²) in [5.74, 6) is 0. The minimum atomic E-state index is -0.715. The molecule has 9 aromatic carbocycles. The van der Waals surface area contributed by atoms with Gasteiger partial charge in [-0.05, 0) is 83.4 Å². The molecule has 1 heteroatoms. The highest BCUT2D eigenvalue weighted by atomic mass is 16.3. The molecule has 0 amide bonds. The molecule has 1 heterocycles. The van der Waals surface area contributed by atoms with Gasteiger partial charge in [-0.1, -0.05) is 170 Å². The lowest BCUT2D eigenvalue weighted by Gasteiger charge is -2.18. The quantitative estimate of drug-likeness (QED) is 0.175. The monoisotopic (exact) mass is 635 g/mol. The standard InChI is InChI=1S/C48H30O/c1-2-13-33(14-3-1)45-39-16-6-8-18-41(39)46(42-19-9-7-17-40(42)45)34-27-25-32(26-28-34)38-21-10-22-43-47-37(20-11-23-44(47)49-48(38)43)36-29-24-31-12-4-5-15-35(31)30-36/h1-30H/i1D,2D,3D,6D,7D,8D,9D,13D,14D,16D,17D,18D,19D. The van der Waals surface area contributed by atoms with Gasteiger partial charge >= 0.3 is 0 Å². The van der Waals surface area contributed by atoms with Gasteiger partial charge in [0.1, 0.15) is 11.2 Å². The molecule has 49 heavy (non-hydrogen) atoms. The van der Waals surface area contributed by atoms with Crippen LogP contribution in [0.4, 0.5) is 0 Å². The number of benzene rings is 9. The Kier molecular flexibility index (Phi) is 3.99. The van der Waals surface area contributed by atoms with E-state index in [2.05, 4.69) is 36.4 Å². The zero-order valence-electron chi connectivity index (χ0n) is 38.7. The molecule has 0 fully saturated rings. The van der Waals surface area contributed by atoms with Crippen LogP contribution in [0.5, 0.6) is 0 Å². The van der Waals surface area contributed by atoms with Crippen molar-refractivity contribution in [3.05, 3.63) is 182 Å². The Labute approximate surface area is 302 Å². The topological polar surface area (TPSA) is 13.1 Å². The van der Waals surface area contributed by atoms with Crippen molar-refractivity contribution >= 4 is 54.3 Å². The Morgan fingerprint density at radius 1 is 0.388 bits per heavy atom. The van der Waals surface area contributed by atoms with Crippen molar-refractivity contribution in [1.29, 1.82) is 0 Å². The van der Waals surface area contributed by atoms with Crippen LogP contribution in [-0.2, 0) is 0 Å². The van der Waals surface area contributed by atoms with E-state index in [9.17, 15) is 5.48 Å². The van der Waals surface area contributed by atoms with E-state index in [0.29, 0.717) is 16.7 Å². The summed E-state index contributed by atoms with van der Waals surface area (Å²) < 4.78 is 121. The van der Waals surface area contributed by atoms with Gasteiger partial charge in [0.05, 0.1) is 17.8 Å². The average Bonchev–Trinajstić information content (AvgIpc) is 3.69. The molecule has 0 atom stereocenters. The summed E-state index contributed by atoms with van der Waals surface area (Å²) in [6.07, 6.45) is 0. The van der Waals surface area contributed by atoms with E-state index >= 15 is 0 Å². The van der Waals surface area contributed by atoms with E-state index < -0.39 is 84.1 Å². The highest BCUT2D eigenvalue weighted by Crippen LogP contribution is 2.45. The first-order valence-electron chi connectivity index (χ1n) is 22.3. The third-order valence-corrected chi connectivity index (χ3v) is 9.19. The van der Waals surface area contributed by atoms with Crippen LogP contribution in [0.3, 0.4) is 0 Å². The van der Waals surface area contributed by atoms with Crippen molar-refractivity contribution < 1.29 is 22.2 Å². The fourth-order valence-corrected chi connectivity index (χ4v) is 7.03. The largest absolute Gasteiger partial charge is 0.455 e. The van der Waals surface area contributed by atoms with Crippen LogP contribution in [0.2, 0.25) is 0 Å². The van der Waals surface area contributed by atoms with Gasteiger partial charge < -0.3 is 4.42 Å². The minimum Gasteiger partial charge on any atom is -0.455 e. The maximum Gasteiger partial charge on any atom is 0.143 e. The summed E-state index contributed by atoms with van der Waals surface area (Å²) in [6.45, 7) is 0. The van der Waals surface area contributed by atoms with Crippen molar-refractivity contribution in [3.63, 3.8) is 0 Å². The Balaban J connectivity index is 1.25. The summed E-state index contributed by atoms with van der Waals surface area (Å²) in [5, 5.41) is 3.34. The van der Waals surface area contributed by atoms with Crippen LogP contribution >= 0.6 is 0 Å². The molecule has 10 aromatic rings. The van der Waals surface area contributed by atoms with Crippen LogP contribution < -0.4 is 0 Å². The van der Waals surface area contributed by atoms with Crippen molar-refractivity contribution in [3.8, 4) is 44.5 Å². The van der Waals surface area contributed by atoms with Crippen LogP contribution in [0.25, 0.3) is 98.8 Å². The van der Waals surface area contributed by atoms with Crippen molar-refractivity contribution in [2.24, 2.45) is 0 Å². The van der Waals surface area contributed by atoms with Crippen LogP contribution in [-0.4, -0.2) is 0 Å². The second-order valence-electron chi connectivity index (χ2n) is 11.9. The molecule has 0 unspecified atom stereocenters. The van der Waals surface area contributed by atoms with E-state index in [0.717, 1.165) is 43.8 Å². The van der Waals surface area contributed by atoms with Gasteiger partial charge in [0.15, 0.2) is 0 Å². The van der Waals surface area contributed by atoms with Crippen LogP contribution in [0.1, 0.15) is 17.8 Å². The van der Waals surface area contributed by atoms with Gasteiger partial charge in [-0.25, -0.2) is 0 Å². The molecule has 0 aliphatic carbocycles. The molecule has 1 aromatic heterocycles. The number of fused-ring (bicyclic) bond motifs is 6. The molecule has 10 rings (SSSR count). The van der Waals surface area contributed by atoms with Gasteiger partial charge in [0, 0.05) is 16.3 Å². The molecule has 0 saturated heterocycles. The summed E-state index contributed by atoms with van der Waals surface area (Å²) in [4.78, 5) is 0. The molecule has 0 aliphatic heterocycles. The van der Waals surface area contributed by atoms with E-state index in [1.54, 1.807) is 24.3 Å². The summed E-state index contributed by atoms with van der Waals surface area (Å²) in [5.41, 5.74) is 4.56. The predicted octanol–water partition coefficient (Wildman–Crippen LogP) is 13.7. The van der Waals surface area contributed by atoms with Gasteiger partial charge in [-0.3, -0.25) is 0 Å². The highest BCUT2D eigenvalue weighted by Gasteiger charge is 2.18. The SMILES string of the molecule is [2H]c1c([2H])c([2H])c(-c2c3c([2H])c([2H])c([2H])c([2H])c3c(-c3ccc(-c4cccc5c4oc4cccc(-c6ccc7ccccc7c6)c45)cc3)c3c([2H])c([2H])c([2H])c([2H])c23)c([2H])c1[2H]. The first-order valence-corrected chi connectivity index (χ1v) is 15.8. The molecule has 1 nitrogen and oxygen atoms in total. The zero-order chi connectivity index (χ0) is 43.6. The second-order valence-corrected chi connectivity index (χ2v) is 11.9. The third-order valence-electron chi connectivity index (χ3n) is 9.19. The van der Waals surface area contributed by atoms with Gasteiger partial charge in [0.25, 0.3) is 0 Å². The lowest BCUT2D eigenvalue weighted by Crippen LogP contribution is -1.90. The minimum absolute atomic E-state index is 0.0682. The normalized spacial score (nSPS) is 15.4. The molecule has 228 valence electrons. The lowest BCUT2D eigenvalue weighted by molar-refractivity contribution is 0.670. The maximum absolute atomic E-state index is 9.24. The number of hydrogen-bond acceptors (Lipinski definition) is 1. The summed E-state index contributed by atoms with van der Waals surface area (Å²) in [6, 6.07) is 25.1. The van der Waals surface area contributed by atoms with Crippen molar-refractivity contribution in [2.75, 3.05) is 0 Å². The fraction of sp³-hybridized carbons (Fsp3) is 0. The highest BCUT2D eigenvalue weighted by molar-refractivity contribution is 6.21. The number of hydrogen-bond donors (Lipinski definition) is 0. The van der Waals surface area contributed by atoms with E-state index in [1.165, 1.54) is 0 Å². The third kappa shape index (κ3) is 4.40. The van der Waals surface area contributed by atoms with Crippen molar-refractivity contribution in [1.82, 2.24) is 0 Å². The van der Waals surface area contributed by atoms with E-state index in [1.807, 2.05) is 42.5 Å². The van der Waals surface area contributed by atoms with Crippen LogP contribution in [0.15, 0.2) is 186 Å².